The normalized spacial score (nSPS) is 14.1. The van der Waals surface area contributed by atoms with Gasteiger partial charge in [0.1, 0.15) is 6.04 Å². The van der Waals surface area contributed by atoms with Gasteiger partial charge in [-0.05, 0) is 41.5 Å². The van der Waals surface area contributed by atoms with Gasteiger partial charge in [-0.1, -0.05) is 115 Å². The first-order chi connectivity index (χ1) is 26.3. The quantitative estimate of drug-likeness (QED) is 0.0882. The van der Waals surface area contributed by atoms with Gasteiger partial charge in [0.05, 0.1) is 6.04 Å². The number of ketones is 1. The molecule has 4 aromatic rings. The van der Waals surface area contributed by atoms with Crippen molar-refractivity contribution in [1.29, 1.82) is 0 Å². The molecule has 4 aromatic carbocycles. The summed E-state index contributed by atoms with van der Waals surface area (Å²) in [6.45, 7) is 1.17. The van der Waals surface area contributed by atoms with Gasteiger partial charge in [0.2, 0.25) is 17.7 Å². The molecular weight excluding hydrogens is 713 g/mol. The van der Waals surface area contributed by atoms with Crippen LogP contribution >= 0.6 is 0 Å². The van der Waals surface area contributed by atoms with Crippen molar-refractivity contribution in [2.75, 3.05) is 13.1 Å². The van der Waals surface area contributed by atoms with Crippen LogP contribution in [-0.2, 0) is 32.1 Å². The highest BCUT2D eigenvalue weighted by atomic mass is 19.4. The lowest BCUT2D eigenvalue weighted by Gasteiger charge is -2.36. The number of carboxylic acids is 1. The topological polar surface area (TPSA) is 159 Å². The van der Waals surface area contributed by atoms with E-state index >= 15 is 0 Å². The van der Waals surface area contributed by atoms with E-state index in [4.69, 9.17) is 15.6 Å². The fourth-order valence-electron chi connectivity index (χ4n) is 6.23. The number of nitrogens with two attached hydrogens (primary N) is 1. The largest absolute Gasteiger partial charge is 0.490 e. The van der Waals surface area contributed by atoms with Crippen molar-refractivity contribution in [1.82, 2.24) is 15.5 Å². The molecule has 0 aliphatic carbocycles. The van der Waals surface area contributed by atoms with Gasteiger partial charge >= 0.3 is 12.1 Å². The van der Waals surface area contributed by atoms with Crippen LogP contribution in [0.1, 0.15) is 70.6 Å². The van der Waals surface area contributed by atoms with Crippen molar-refractivity contribution in [3.63, 3.8) is 0 Å². The maximum Gasteiger partial charge on any atom is 0.490 e. The molecule has 10 nitrogen and oxygen atoms in total. The summed E-state index contributed by atoms with van der Waals surface area (Å²) >= 11 is 0. The van der Waals surface area contributed by atoms with Crippen molar-refractivity contribution >= 4 is 29.5 Å². The lowest BCUT2D eigenvalue weighted by molar-refractivity contribution is -0.192. The third-order valence-corrected chi connectivity index (χ3v) is 9.24. The van der Waals surface area contributed by atoms with Crippen molar-refractivity contribution in [2.24, 2.45) is 5.73 Å². The number of Topliss-reactive ketones (excluding diaryl/α,β-unsaturated/α-hetero) is 1. The summed E-state index contributed by atoms with van der Waals surface area (Å²) < 4.78 is 31.7. The highest BCUT2D eigenvalue weighted by Crippen LogP contribution is 2.26. The zero-order valence-corrected chi connectivity index (χ0v) is 30.2. The van der Waals surface area contributed by atoms with E-state index in [1.807, 2.05) is 66.7 Å². The zero-order valence-electron chi connectivity index (χ0n) is 30.2. The Kier molecular flexibility index (Phi) is 15.7. The van der Waals surface area contributed by atoms with Crippen LogP contribution in [-0.4, -0.2) is 70.8 Å². The number of hydrogen-bond acceptors (Lipinski definition) is 6. The Morgan fingerprint density at radius 1 is 0.745 bits per heavy atom. The lowest BCUT2D eigenvalue weighted by atomic mass is 9.91. The minimum atomic E-state index is -5.08. The van der Waals surface area contributed by atoms with E-state index in [0.717, 1.165) is 22.3 Å². The molecule has 55 heavy (non-hydrogen) atoms. The van der Waals surface area contributed by atoms with Gasteiger partial charge in [-0.3, -0.25) is 19.2 Å². The molecule has 0 fully saturated rings. The van der Waals surface area contributed by atoms with Crippen LogP contribution in [0.15, 0.2) is 115 Å². The van der Waals surface area contributed by atoms with Gasteiger partial charge in [0.25, 0.3) is 0 Å². The number of benzene rings is 4. The predicted octanol–water partition coefficient (Wildman–Crippen LogP) is 5.80. The Morgan fingerprint density at radius 2 is 1.27 bits per heavy atom. The van der Waals surface area contributed by atoms with E-state index in [1.54, 1.807) is 29.2 Å². The molecule has 2 unspecified atom stereocenters. The second-order valence-corrected chi connectivity index (χ2v) is 13.1. The molecule has 2 atom stereocenters. The Balaban J connectivity index is 0.000000876. The third kappa shape index (κ3) is 12.9. The molecule has 0 bridgehead atoms. The molecule has 0 spiro atoms. The van der Waals surface area contributed by atoms with E-state index in [9.17, 15) is 32.3 Å². The minimum Gasteiger partial charge on any atom is -0.475 e. The highest BCUT2D eigenvalue weighted by molar-refractivity contribution is 5.98. The fourth-order valence-corrected chi connectivity index (χ4v) is 6.23. The van der Waals surface area contributed by atoms with Gasteiger partial charge in [-0.25, -0.2) is 4.79 Å². The van der Waals surface area contributed by atoms with Crippen LogP contribution in [0.3, 0.4) is 0 Å². The minimum absolute atomic E-state index is 0.0151. The number of hydrogen-bond donors (Lipinski definition) is 4. The standard InChI is InChI=1S/C40H44N4O4.C2HF3O2/c41-35(39(47)43-27-34(29-14-4-1-5-15-29)30-16-6-2-7-17-30)22-12-13-25-42-40(48)36-26-32-20-10-11-21-33(32)28-44(36)38(46)24-23-37(45)31-18-8-3-9-19-31;3-2(4,5)1(6)7/h1-11,14-21,34-36H,12-13,22-28,41H2,(H,42,48)(H,43,47);(H,6,7). The molecule has 0 saturated heterocycles. The summed E-state index contributed by atoms with van der Waals surface area (Å²) in [6, 6.07) is 35.6. The Labute approximate surface area is 317 Å². The number of halogens is 3. The van der Waals surface area contributed by atoms with Gasteiger partial charge in [-0.2, -0.15) is 13.2 Å². The number of aliphatic carboxylic acids is 1. The summed E-state index contributed by atoms with van der Waals surface area (Å²) in [7, 11) is 0. The summed E-state index contributed by atoms with van der Waals surface area (Å²) in [5.74, 6) is -3.47. The maximum atomic E-state index is 13.4. The SMILES string of the molecule is NC(CCCCNC(=O)C1Cc2ccccc2CN1C(=O)CCC(=O)c1ccccc1)C(=O)NCC(c1ccccc1)c1ccccc1.O=C(O)C(F)(F)F. The van der Waals surface area contributed by atoms with Crippen molar-refractivity contribution in [3.05, 3.63) is 143 Å². The number of nitrogens with zero attached hydrogens (tertiary/aromatic N) is 1. The van der Waals surface area contributed by atoms with Crippen LogP contribution < -0.4 is 16.4 Å². The number of rotatable bonds is 15. The van der Waals surface area contributed by atoms with Crippen molar-refractivity contribution < 1.29 is 42.3 Å². The van der Waals surface area contributed by atoms with Gasteiger partial charge < -0.3 is 26.4 Å². The lowest BCUT2D eigenvalue weighted by Crippen LogP contribution is -2.52. The molecule has 1 aliphatic heterocycles. The Bertz CT molecular complexity index is 1840. The molecule has 0 aromatic heterocycles. The van der Waals surface area contributed by atoms with Gasteiger partial charge in [0, 0.05) is 50.4 Å². The molecule has 5 N–H and O–H groups in total. The van der Waals surface area contributed by atoms with E-state index in [2.05, 4.69) is 34.9 Å². The number of carbonyl (C=O) groups is 5. The van der Waals surface area contributed by atoms with E-state index in [-0.39, 0.29) is 42.3 Å². The first kappa shape index (κ1) is 41.9. The number of nitrogens with one attached hydrogen (secondary N) is 2. The van der Waals surface area contributed by atoms with Crippen molar-refractivity contribution in [2.45, 2.75) is 69.2 Å². The average molecular weight is 759 g/mol. The maximum absolute atomic E-state index is 13.4. The van der Waals surface area contributed by atoms with Crippen LogP contribution in [0.2, 0.25) is 0 Å². The number of carbonyl (C=O) groups excluding carboxylic acids is 4. The molecule has 0 radical (unpaired) electrons. The summed E-state index contributed by atoms with van der Waals surface area (Å²) in [5.41, 5.74) is 11.1. The Morgan fingerprint density at radius 3 is 1.84 bits per heavy atom. The number of amides is 3. The fraction of sp³-hybridized carbons (Fsp3) is 0.310. The van der Waals surface area contributed by atoms with E-state index in [0.29, 0.717) is 50.9 Å². The summed E-state index contributed by atoms with van der Waals surface area (Å²) in [4.78, 5) is 62.8. The number of carboxylic acid groups (broad SMARTS) is 1. The van der Waals surface area contributed by atoms with Gasteiger partial charge in [-0.15, -0.1) is 0 Å². The smallest absolute Gasteiger partial charge is 0.475 e. The van der Waals surface area contributed by atoms with Crippen LogP contribution in [0, 0.1) is 0 Å². The molecular formula is C42H45F3N4O6. The molecule has 5 rings (SSSR count). The van der Waals surface area contributed by atoms with Crippen molar-refractivity contribution in [3.8, 4) is 0 Å². The second kappa shape index (κ2) is 20.6. The highest BCUT2D eigenvalue weighted by Gasteiger charge is 2.38. The van der Waals surface area contributed by atoms with Crippen LogP contribution in [0.25, 0.3) is 0 Å². The molecule has 1 heterocycles. The number of alkyl halides is 3. The molecule has 3 amide bonds. The zero-order chi connectivity index (χ0) is 39.8. The first-order valence-electron chi connectivity index (χ1n) is 18.0. The van der Waals surface area contributed by atoms with Crippen LogP contribution in [0.5, 0.6) is 0 Å². The number of fused-ring (bicyclic) bond motifs is 1. The predicted molar refractivity (Wildman–Crippen MR) is 201 cm³/mol. The summed E-state index contributed by atoms with van der Waals surface area (Å²) in [5, 5.41) is 13.2. The molecule has 290 valence electrons. The number of unbranched alkanes of at least 4 members (excludes halogenated alkanes) is 1. The third-order valence-electron chi connectivity index (χ3n) is 9.24. The molecule has 0 saturated carbocycles. The summed E-state index contributed by atoms with van der Waals surface area (Å²) in [6.07, 6.45) is -2.75. The monoisotopic (exact) mass is 758 g/mol. The Hall–Kier alpha value is -5.82. The average Bonchev–Trinajstić information content (AvgIpc) is 3.20. The van der Waals surface area contributed by atoms with Crippen LogP contribution in [0.4, 0.5) is 13.2 Å². The van der Waals surface area contributed by atoms with E-state index in [1.165, 1.54) is 0 Å². The van der Waals surface area contributed by atoms with Gasteiger partial charge in [0.15, 0.2) is 5.78 Å². The molecule has 1 aliphatic rings. The first-order valence-corrected chi connectivity index (χ1v) is 18.0. The second-order valence-electron chi connectivity index (χ2n) is 13.1. The molecule has 13 heteroatoms. The van der Waals surface area contributed by atoms with E-state index < -0.39 is 24.2 Å².